The number of H-pyrrole nitrogens is 1. The Morgan fingerprint density at radius 3 is 2.92 bits per heavy atom. The van der Waals surface area contributed by atoms with Crippen LogP contribution in [0.25, 0.3) is 0 Å². The van der Waals surface area contributed by atoms with Crippen molar-refractivity contribution in [2.45, 2.75) is 6.92 Å². The van der Waals surface area contributed by atoms with E-state index in [-0.39, 0.29) is 0 Å². The third-order valence-electron chi connectivity index (χ3n) is 1.34. The van der Waals surface area contributed by atoms with E-state index in [2.05, 4.69) is 14.9 Å². The summed E-state index contributed by atoms with van der Waals surface area (Å²) < 4.78 is 24.3. The Bertz CT molecular complexity index is 428. The first-order valence-electron chi connectivity index (χ1n) is 3.42. The van der Waals surface area contributed by atoms with E-state index in [1.165, 1.54) is 6.20 Å². The van der Waals surface area contributed by atoms with Crippen molar-refractivity contribution in [3.63, 3.8) is 0 Å². The Morgan fingerprint density at radius 2 is 2.46 bits per heavy atom. The van der Waals surface area contributed by atoms with Gasteiger partial charge in [-0.2, -0.15) is 10.4 Å². The molecule has 1 heterocycles. The highest BCUT2D eigenvalue weighted by Gasteiger charge is 2.11. The molecule has 1 rings (SSSR count). The number of nitrogens with zero attached hydrogens (tertiary/aromatic N) is 2. The number of aryl methyl sites for hydroxylation is 1. The van der Waals surface area contributed by atoms with Crippen LogP contribution in [0.2, 0.25) is 0 Å². The van der Waals surface area contributed by atoms with E-state index in [0.29, 0.717) is 11.4 Å². The van der Waals surface area contributed by atoms with E-state index in [0.717, 1.165) is 0 Å². The largest absolute Gasteiger partial charge is 0.267 e. The zero-order valence-corrected chi connectivity index (χ0v) is 7.72. The average Bonchev–Trinajstić information content (AvgIpc) is 2.35. The van der Waals surface area contributed by atoms with Gasteiger partial charge in [0.1, 0.15) is 5.82 Å². The van der Waals surface area contributed by atoms with Crippen LogP contribution in [0.5, 0.6) is 0 Å². The molecule has 70 valence electrons. The number of hydrogen-bond donors (Lipinski definition) is 2. The van der Waals surface area contributed by atoms with E-state index in [1.54, 1.807) is 13.0 Å². The number of rotatable bonds is 3. The zero-order valence-electron chi connectivity index (χ0n) is 6.90. The first-order chi connectivity index (χ1) is 6.05. The molecule has 0 atom stereocenters. The van der Waals surface area contributed by atoms with Gasteiger partial charge >= 0.3 is 0 Å². The van der Waals surface area contributed by atoms with Gasteiger partial charge in [-0.3, -0.25) is 9.82 Å². The van der Waals surface area contributed by atoms with Crippen molar-refractivity contribution in [3.05, 3.63) is 11.8 Å². The molecule has 0 amide bonds. The SMILES string of the molecule is Cc1cn[nH]c1NS(=O)(=O)CC#N. The fraction of sp³-hybridized carbons (Fsp3) is 0.333. The van der Waals surface area contributed by atoms with Gasteiger partial charge in [0.05, 0.1) is 12.3 Å². The van der Waals surface area contributed by atoms with Crippen LogP contribution in [-0.4, -0.2) is 24.4 Å². The molecule has 0 radical (unpaired) electrons. The quantitative estimate of drug-likeness (QED) is 0.716. The molecule has 0 aliphatic rings. The maximum atomic E-state index is 11.1. The number of nitriles is 1. The van der Waals surface area contributed by atoms with Crippen molar-refractivity contribution in [1.29, 1.82) is 5.26 Å². The lowest BCUT2D eigenvalue weighted by atomic mass is 10.4. The van der Waals surface area contributed by atoms with E-state index < -0.39 is 15.8 Å². The molecule has 0 unspecified atom stereocenters. The minimum atomic E-state index is -3.56. The molecule has 0 bridgehead atoms. The summed E-state index contributed by atoms with van der Waals surface area (Å²) in [7, 11) is -3.56. The minimum absolute atomic E-state index is 0.301. The predicted octanol–water partition coefficient (Wildman–Crippen LogP) is -0.0166. The molecule has 1 aromatic rings. The Morgan fingerprint density at radius 1 is 1.77 bits per heavy atom. The van der Waals surface area contributed by atoms with Crippen molar-refractivity contribution in [2.24, 2.45) is 0 Å². The number of aromatic amines is 1. The Hall–Kier alpha value is -1.55. The van der Waals surface area contributed by atoms with E-state index in [9.17, 15) is 8.42 Å². The van der Waals surface area contributed by atoms with Crippen LogP contribution in [0.1, 0.15) is 5.56 Å². The van der Waals surface area contributed by atoms with Crippen molar-refractivity contribution in [3.8, 4) is 6.07 Å². The minimum Gasteiger partial charge on any atom is -0.267 e. The monoisotopic (exact) mass is 200 g/mol. The third kappa shape index (κ3) is 2.45. The molecule has 13 heavy (non-hydrogen) atoms. The molecular formula is C6H8N4O2S. The first kappa shape index (κ1) is 9.54. The lowest BCUT2D eigenvalue weighted by molar-refractivity contribution is 0.604. The van der Waals surface area contributed by atoms with Gasteiger partial charge < -0.3 is 0 Å². The fourth-order valence-electron chi connectivity index (χ4n) is 0.726. The van der Waals surface area contributed by atoms with Gasteiger partial charge in [-0.05, 0) is 6.92 Å². The van der Waals surface area contributed by atoms with E-state index in [4.69, 9.17) is 5.26 Å². The number of sulfonamides is 1. The van der Waals surface area contributed by atoms with Crippen LogP contribution >= 0.6 is 0 Å². The van der Waals surface area contributed by atoms with Crippen LogP contribution in [0.3, 0.4) is 0 Å². The Balaban J connectivity index is 2.82. The zero-order chi connectivity index (χ0) is 9.90. The Labute approximate surface area is 75.6 Å². The van der Waals surface area contributed by atoms with Crippen molar-refractivity contribution in [1.82, 2.24) is 10.2 Å². The molecule has 0 saturated carbocycles. The van der Waals surface area contributed by atoms with Crippen LogP contribution in [0.4, 0.5) is 5.82 Å². The molecular weight excluding hydrogens is 192 g/mol. The summed E-state index contributed by atoms with van der Waals surface area (Å²) >= 11 is 0. The maximum absolute atomic E-state index is 11.1. The summed E-state index contributed by atoms with van der Waals surface area (Å²) in [6.45, 7) is 1.70. The van der Waals surface area contributed by atoms with Crippen LogP contribution in [0.15, 0.2) is 6.20 Å². The molecule has 7 heteroatoms. The van der Waals surface area contributed by atoms with Crippen LogP contribution in [-0.2, 0) is 10.0 Å². The fourth-order valence-corrected chi connectivity index (χ4v) is 1.49. The number of nitrogens with one attached hydrogen (secondary N) is 2. The molecule has 0 spiro atoms. The van der Waals surface area contributed by atoms with Crippen molar-refractivity contribution in [2.75, 3.05) is 10.5 Å². The summed E-state index contributed by atoms with van der Waals surface area (Å²) in [5.41, 5.74) is 0.682. The highest BCUT2D eigenvalue weighted by molar-refractivity contribution is 7.92. The maximum Gasteiger partial charge on any atom is 0.247 e. The van der Waals surface area contributed by atoms with Crippen molar-refractivity contribution < 1.29 is 8.42 Å². The Kier molecular flexibility index (Phi) is 2.53. The molecule has 0 aliphatic carbocycles. The van der Waals surface area contributed by atoms with Crippen LogP contribution in [0, 0.1) is 18.3 Å². The molecule has 0 aromatic carbocycles. The summed E-state index contributed by atoms with van der Waals surface area (Å²) in [5, 5.41) is 14.3. The summed E-state index contributed by atoms with van der Waals surface area (Å²) in [4.78, 5) is 0. The lowest BCUT2D eigenvalue weighted by Crippen LogP contribution is -2.16. The summed E-state index contributed by atoms with van der Waals surface area (Å²) in [6, 6.07) is 1.56. The summed E-state index contributed by atoms with van der Waals surface area (Å²) in [6.07, 6.45) is 1.49. The normalized spacial score (nSPS) is 10.8. The topological polar surface area (TPSA) is 98.6 Å². The van der Waals surface area contributed by atoms with Gasteiger partial charge in [0.15, 0.2) is 5.75 Å². The van der Waals surface area contributed by atoms with Crippen LogP contribution < -0.4 is 4.72 Å². The highest BCUT2D eigenvalue weighted by Crippen LogP contribution is 2.10. The van der Waals surface area contributed by atoms with E-state index in [1.807, 2.05) is 0 Å². The van der Waals surface area contributed by atoms with Gasteiger partial charge in [-0.1, -0.05) is 0 Å². The smallest absolute Gasteiger partial charge is 0.247 e. The summed E-state index contributed by atoms with van der Waals surface area (Å²) in [5.74, 6) is -0.263. The molecule has 6 nitrogen and oxygen atoms in total. The second kappa shape index (κ2) is 3.45. The third-order valence-corrected chi connectivity index (χ3v) is 2.37. The van der Waals surface area contributed by atoms with E-state index >= 15 is 0 Å². The standard InChI is InChI=1S/C6H8N4O2S/c1-5-4-8-9-6(5)10-13(11,12)3-2-7/h4H,3H2,1H3,(H2,8,9,10). The van der Waals surface area contributed by atoms with Gasteiger partial charge in [0, 0.05) is 5.56 Å². The van der Waals surface area contributed by atoms with Gasteiger partial charge in [-0.25, -0.2) is 8.42 Å². The lowest BCUT2D eigenvalue weighted by Gasteiger charge is -2.01. The second-order valence-electron chi connectivity index (χ2n) is 2.45. The van der Waals surface area contributed by atoms with Gasteiger partial charge in [0.25, 0.3) is 0 Å². The number of hydrogen-bond acceptors (Lipinski definition) is 4. The molecule has 0 aliphatic heterocycles. The molecule has 1 aromatic heterocycles. The highest BCUT2D eigenvalue weighted by atomic mass is 32.2. The molecule has 2 N–H and O–H groups in total. The van der Waals surface area contributed by atoms with Crippen molar-refractivity contribution >= 4 is 15.8 Å². The predicted molar refractivity (Wildman–Crippen MR) is 46.3 cm³/mol. The number of anilines is 1. The second-order valence-corrected chi connectivity index (χ2v) is 4.17. The van der Waals surface area contributed by atoms with Gasteiger partial charge in [-0.15, -0.1) is 0 Å². The number of aromatic nitrogens is 2. The van der Waals surface area contributed by atoms with Gasteiger partial charge in [0.2, 0.25) is 10.0 Å². The molecule has 0 fully saturated rings. The first-order valence-corrected chi connectivity index (χ1v) is 5.08. The average molecular weight is 200 g/mol. The molecule has 0 saturated heterocycles.